The fourth-order valence-electron chi connectivity index (χ4n) is 0.852. The van der Waals surface area contributed by atoms with Gasteiger partial charge in [-0.2, -0.15) is 0 Å². The molecule has 0 bridgehead atoms. The lowest BCUT2D eigenvalue weighted by atomic mass is 10.3. The molecule has 0 aliphatic rings. The van der Waals surface area contributed by atoms with Crippen molar-refractivity contribution >= 4 is 15.9 Å². The molecule has 0 aliphatic heterocycles. The van der Waals surface area contributed by atoms with Gasteiger partial charge < -0.3 is 9.47 Å². The molecule has 0 amide bonds. The van der Waals surface area contributed by atoms with E-state index in [4.69, 9.17) is 4.74 Å². The van der Waals surface area contributed by atoms with Gasteiger partial charge in [-0.1, -0.05) is 6.07 Å². The van der Waals surface area contributed by atoms with E-state index < -0.39 is 6.36 Å². The molecule has 0 heterocycles. The largest absolute Gasteiger partial charge is 0.573 e. The molecule has 0 saturated heterocycles. The van der Waals surface area contributed by atoms with Crippen LogP contribution in [0, 0.1) is 0 Å². The first kappa shape index (κ1) is 11.2. The van der Waals surface area contributed by atoms with Gasteiger partial charge in [0, 0.05) is 0 Å². The zero-order valence-corrected chi connectivity index (χ0v) is 8.65. The molecule has 0 atom stereocenters. The van der Waals surface area contributed by atoms with Crippen LogP contribution in [0.2, 0.25) is 0 Å². The molecule has 14 heavy (non-hydrogen) atoms. The molecule has 1 aromatic carbocycles. The maximum absolute atomic E-state index is 11.9. The highest BCUT2D eigenvalue weighted by Gasteiger charge is 2.32. The van der Waals surface area contributed by atoms with Crippen molar-refractivity contribution in [1.29, 1.82) is 0 Å². The Bertz CT molecular complexity index is 325. The summed E-state index contributed by atoms with van der Waals surface area (Å²) in [5, 5.41) is 0. The van der Waals surface area contributed by atoms with Gasteiger partial charge in [-0.3, -0.25) is 0 Å². The summed E-state index contributed by atoms with van der Waals surface area (Å²) in [6, 6.07) is 4.12. The maximum Gasteiger partial charge on any atom is 0.573 e. The Balaban J connectivity index is 2.98. The number of benzene rings is 1. The monoisotopic (exact) mass is 270 g/mol. The summed E-state index contributed by atoms with van der Waals surface area (Å²) in [6.07, 6.45) is -4.70. The normalized spacial score (nSPS) is 11.2. The van der Waals surface area contributed by atoms with Gasteiger partial charge in [0.05, 0.1) is 7.11 Å². The number of rotatable bonds is 2. The molecule has 2 nitrogen and oxygen atoms in total. The summed E-state index contributed by atoms with van der Waals surface area (Å²) < 4.78 is 44.3. The molecule has 0 N–H and O–H groups in total. The molecular weight excluding hydrogens is 265 g/mol. The average Bonchev–Trinajstić information content (AvgIpc) is 2.06. The van der Waals surface area contributed by atoms with Crippen molar-refractivity contribution in [3.63, 3.8) is 0 Å². The van der Waals surface area contributed by atoms with E-state index >= 15 is 0 Å². The van der Waals surface area contributed by atoms with Gasteiger partial charge in [-0.25, -0.2) is 0 Å². The lowest BCUT2D eigenvalue weighted by Gasteiger charge is -2.12. The Morgan fingerprint density at radius 2 is 1.79 bits per heavy atom. The van der Waals surface area contributed by atoms with Crippen LogP contribution in [0.4, 0.5) is 13.2 Å². The molecule has 1 rings (SSSR count). The van der Waals surface area contributed by atoms with Gasteiger partial charge in [0.1, 0.15) is 16.0 Å². The number of methoxy groups -OCH3 is 1. The second-order valence-electron chi connectivity index (χ2n) is 2.32. The van der Waals surface area contributed by atoms with Crippen molar-refractivity contribution in [2.45, 2.75) is 6.36 Å². The predicted octanol–water partition coefficient (Wildman–Crippen LogP) is 3.36. The lowest BCUT2D eigenvalue weighted by molar-refractivity contribution is -0.274. The lowest BCUT2D eigenvalue weighted by Crippen LogP contribution is -2.17. The zero-order valence-electron chi connectivity index (χ0n) is 7.06. The second kappa shape index (κ2) is 4.08. The van der Waals surface area contributed by atoms with Crippen molar-refractivity contribution in [3.05, 3.63) is 22.7 Å². The average molecular weight is 271 g/mol. The highest BCUT2D eigenvalue weighted by molar-refractivity contribution is 9.10. The van der Waals surface area contributed by atoms with E-state index in [0.717, 1.165) is 0 Å². The first-order valence-electron chi connectivity index (χ1n) is 3.52. The third kappa shape index (κ3) is 2.80. The smallest absolute Gasteiger partial charge is 0.495 e. The minimum absolute atomic E-state index is 0.139. The van der Waals surface area contributed by atoms with Crippen LogP contribution in [-0.4, -0.2) is 13.5 Å². The molecule has 1 aromatic rings. The fourth-order valence-corrected chi connectivity index (χ4v) is 1.36. The van der Waals surface area contributed by atoms with E-state index in [2.05, 4.69) is 20.7 Å². The number of hydrogen-bond donors (Lipinski definition) is 0. The van der Waals surface area contributed by atoms with Crippen molar-refractivity contribution in [3.8, 4) is 11.5 Å². The summed E-state index contributed by atoms with van der Waals surface area (Å²) in [4.78, 5) is 0. The molecule has 78 valence electrons. The Labute approximate surface area is 86.8 Å². The molecule has 0 aromatic heterocycles. The summed E-state index contributed by atoms with van der Waals surface area (Å²) in [7, 11) is 1.36. The first-order valence-corrected chi connectivity index (χ1v) is 4.31. The minimum Gasteiger partial charge on any atom is -0.495 e. The third-order valence-corrected chi connectivity index (χ3v) is 2.16. The van der Waals surface area contributed by atoms with E-state index in [1.807, 2.05) is 0 Å². The fraction of sp³-hybridized carbons (Fsp3) is 0.250. The number of alkyl halides is 3. The molecule has 0 spiro atoms. The van der Waals surface area contributed by atoms with Gasteiger partial charge in [-0.15, -0.1) is 13.2 Å². The van der Waals surface area contributed by atoms with Gasteiger partial charge >= 0.3 is 6.36 Å². The topological polar surface area (TPSA) is 18.5 Å². The van der Waals surface area contributed by atoms with Crippen LogP contribution >= 0.6 is 15.9 Å². The molecular formula is C8H6BrF3O2. The first-order chi connectivity index (χ1) is 6.44. The summed E-state index contributed by atoms with van der Waals surface area (Å²) in [6.45, 7) is 0. The van der Waals surface area contributed by atoms with Crippen LogP contribution < -0.4 is 9.47 Å². The van der Waals surface area contributed by atoms with Gasteiger partial charge in [0.25, 0.3) is 0 Å². The molecule has 0 radical (unpaired) electrons. The van der Waals surface area contributed by atoms with Crippen molar-refractivity contribution < 1.29 is 22.6 Å². The van der Waals surface area contributed by atoms with E-state index in [-0.39, 0.29) is 16.0 Å². The molecule has 0 unspecified atom stereocenters. The summed E-state index contributed by atoms with van der Waals surface area (Å²) in [5.74, 6) is -0.0383. The van der Waals surface area contributed by atoms with E-state index in [1.54, 1.807) is 0 Å². The van der Waals surface area contributed by atoms with Crippen LogP contribution in [0.5, 0.6) is 11.5 Å². The Hall–Kier alpha value is -0.910. The van der Waals surface area contributed by atoms with Crippen molar-refractivity contribution in [2.75, 3.05) is 7.11 Å². The van der Waals surface area contributed by atoms with Crippen LogP contribution in [-0.2, 0) is 0 Å². The van der Waals surface area contributed by atoms with Crippen LogP contribution in [0.1, 0.15) is 0 Å². The maximum atomic E-state index is 11.9. The Kier molecular flexibility index (Phi) is 3.25. The van der Waals surface area contributed by atoms with Gasteiger partial charge in [-0.05, 0) is 28.1 Å². The SMILES string of the molecule is COc1cccc(OC(F)(F)F)c1Br. The number of ether oxygens (including phenoxy) is 2. The second-order valence-corrected chi connectivity index (χ2v) is 3.11. The van der Waals surface area contributed by atoms with E-state index in [1.165, 1.54) is 25.3 Å². The third-order valence-electron chi connectivity index (χ3n) is 1.37. The molecule has 0 fully saturated rings. The standard InChI is InChI=1S/C8H6BrF3O2/c1-13-5-3-2-4-6(7(5)9)14-8(10,11)12/h2-4H,1H3. The highest BCUT2D eigenvalue weighted by atomic mass is 79.9. The highest BCUT2D eigenvalue weighted by Crippen LogP contribution is 2.36. The predicted molar refractivity (Wildman–Crippen MR) is 47.4 cm³/mol. The van der Waals surface area contributed by atoms with Crippen LogP contribution in [0.25, 0.3) is 0 Å². The van der Waals surface area contributed by atoms with Gasteiger partial charge in [0.2, 0.25) is 0 Å². The minimum atomic E-state index is -4.70. The quantitative estimate of drug-likeness (QED) is 0.821. The van der Waals surface area contributed by atoms with Gasteiger partial charge in [0.15, 0.2) is 0 Å². The molecule has 0 aliphatic carbocycles. The Morgan fingerprint density at radius 1 is 1.21 bits per heavy atom. The van der Waals surface area contributed by atoms with Crippen molar-refractivity contribution in [2.24, 2.45) is 0 Å². The summed E-state index contributed by atoms with van der Waals surface area (Å²) in [5.41, 5.74) is 0. The van der Waals surface area contributed by atoms with Crippen molar-refractivity contribution in [1.82, 2.24) is 0 Å². The molecule has 6 heteroatoms. The Morgan fingerprint density at radius 3 is 2.29 bits per heavy atom. The number of halogens is 4. The van der Waals surface area contributed by atoms with Crippen LogP contribution in [0.3, 0.4) is 0 Å². The van der Waals surface area contributed by atoms with E-state index in [9.17, 15) is 13.2 Å². The van der Waals surface area contributed by atoms with Crippen LogP contribution in [0.15, 0.2) is 22.7 Å². The summed E-state index contributed by atoms with van der Waals surface area (Å²) >= 11 is 2.94. The van der Waals surface area contributed by atoms with E-state index in [0.29, 0.717) is 0 Å². The number of hydrogen-bond acceptors (Lipinski definition) is 2. The molecule has 0 saturated carbocycles. The zero-order chi connectivity index (χ0) is 10.8.